The highest BCUT2D eigenvalue weighted by Gasteiger charge is 2.29. The lowest BCUT2D eigenvalue weighted by molar-refractivity contribution is 0.496. The van der Waals surface area contributed by atoms with E-state index in [0.29, 0.717) is 0 Å². The Morgan fingerprint density at radius 2 is 1.42 bits per heavy atom. The van der Waals surface area contributed by atoms with Crippen molar-refractivity contribution in [2.75, 3.05) is 0 Å². The third kappa shape index (κ3) is 2.57. The number of para-hydroxylation sites is 1. The molecule has 0 bridgehead atoms. The first-order valence-electron chi connectivity index (χ1n) is 8.06. The molecule has 0 aromatic heterocycles. The van der Waals surface area contributed by atoms with E-state index >= 15 is 0 Å². The van der Waals surface area contributed by atoms with E-state index in [-0.39, 0.29) is 0 Å². The zero-order valence-corrected chi connectivity index (χ0v) is 14.9. The van der Waals surface area contributed by atoms with Crippen LogP contribution in [0.2, 0.25) is 0 Å². The zero-order valence-electron chi connectivity index (χ0n) is 14.0. The molecule has 0 spiro atoms. The Morgan fingerprint density at radius 1 is 0.792 bits per heavy atom. The first kappa shape index (κ1) is 15.2. The predicted octanol–water partition coefficient (Wildman–Crippen LogP) is 5.69. The molecule has 2 nitrogen and oxygen atoms in total. The first-order chi connectivity index (χ1) is 11.6. The van der Waals surface area contributed by atoms with E-state index < -0.39 is 8.38 Å². The molecule has 0 amide bonds. The Kier molecular flexibility index (Phi) is 3.78. The van der Waals surface area contributed by atoms with Crippen LogP contribution in [-0.4, -0.2) is 0 Å². The summed E-state index contributed by atoms with van der Waals surface area (Å²) in [5.41, 5.74) is 5.88. The molecule has 1 atom stereocenters. The Hall–Kier alpha value is -2.31. The van der Waals surface area contributed by atoms with E-state index in [1.165, 1.54) is 11.1 Å². The summed E-state index contributed by atoms with van der Waals surface area (Å²) in [5.74, 6) is 1.82. The van der Waals surface area contributed by atoms with Crippen LogP contribution in [0.5, 0.6) is 11.5 Å². The van der Waals surface area contributed by atoms with E-state index in [1.807, 2.05) is 24.3 Å². The van der Waals surface area contributed by atoms with Crippen LogP contribution in [-0.2, 0) is 0 Å². The lowest BCUT2D eigenvalue weighted by Crippen LogP contribution is -2.17. The van der Waals surface area contributed by atoms with Crippen molar-refractivity contribution in [2.45, 2.75) is 20.8 Å². The van der Waals surface area contributed by atoms with Gasteiger partial charge in [-0.1, -0.05) is 54.1 Å². The number of benzene rings is 3. The Balaban J connectivity index is 1.78. The van der Waals surface area contributed by atoms with Crippen LogP contribution in [0.25, 0.3) is 11.1 Å². The molecule has 0 radical (unpaired) electrons. The number of rotatable bonds is 2. The standard InChI is InChI=1S/C21H19O2P/c1-14-12-15(2)21(16(3)13-14)23-24-20-11-7-5-9-18(20)17-8-4-6-10-19(17)22-24/h4-13H,1-3H3. The highest BCUT2D eigenvalue weighted by molar-refractivity contribution is 7.57. The van der Waals surface area contributed by atoms with Crippen molar-refractivity contribution in [2.24, 2.45) is 0 Å². The summed E-state index contributed by atoms with van der Waals surface area (Å²) >= 11 is 0. The van der Waals surface area contributed by atoms with Crippen LogP contribution in [0.4, 0.5) is 0 Å². The smallest absolute Gasteiger partial charge is 0.326 e. The molecule has 0 saturated carbocycles. The van der Waals surface area contributed by atoms with Gasteiger partial charge in [0.2, 0.25) is 0 Å². The van der Waals surface area contributed by atoms with Crippen molar-refractivity contribution in [1.82, 2.24) is 0 Å². The second-order valence-corrected chi connectivity index (χ2v) is 7.54. The van der Waals surface area contributed by atoms with Gasteiger partial charge in [0.1, 0.15) is 11.5 Å². The molecule has 4 rings (SSSR count). The predicted molar refractivity (Wildman–Crippen MR) is 100 cm³/mol. The minimum Gasteiger partial charge on any atom is -0.435 e. The molecule has 24 heavy (non-hydrogen) atoms. The van der Waals surface area contributed by atoms with Gasteiger partial charge in [-0.05, 0) is 49.6 Å². The fourth-order valence-electron chi connectivity index (χ4n) is 3.23. The third-order valence-corrected chi connectivity index (χ3v) is 5.73. The second-order valence-electron chi connectivity index (χ2n) is 6.18. The Bertz CT molecular complexity index is 894. The van der Waals surface area contributed by atoms with Crippen LogP contribution in [0.1, 0.15) is 16.7 Å². The van der Waals surface area contributed by atoms with Crippen molar-refractivity contribution >= 4 is 13.7 Å². The maximum absolute atomic E-state index is 6.40. The fourth-order valence-corrected chi connectivity index (χ4v) is 4.85. The van der Waals surface area contributed by atoms with Gasteiger partial charge in [0.15, 0.2) is 0 Å². The van der Waals surface area contributed by atoms with Crippen molar-refractivity contribution in [3.05, 3.63) is 77.4 Å². The summed E-state index contributed by atoms with van der Waals surface area (Å²) < 4.78 is 12.6. The first-order valence-corrected chi connectivity index (χ1v) is 9.23. The van der Waals surface area contributed by atoms with E-state index in [1.54, 1.807) is 0 Å². The lowest BCUT2D eigenvalue weighted by atomic mass is 10.0. The van der Waals surface area contributed by atoms with Gasteiger partial charge < -0.3 is 9.05 Å². The Morgan fingerprint density at radius 3 is 2.17 bits per heavy atom. The van der Waals surface area contributed by atoms with Crippen LogP contribution in [0.3, 0.4) is 0 Å². The van der Waals surface area contributed by atoms with Crippen LogP contribution >= 0.6 is 8.38 Å². The van der Waals surface area contributed by atoms with E-state index in [2.05, 4.69) is 57.2 Å². The number of fused-ring (bicyclic) bond motifs is 3. The minimum absolute atomic E-state index is 0.893. The average Bonchev–Trinajstić information content (AvgIpc) is 2.58. The molecule has 1 unspecified atom stereocenters. The topological polar surface area (TPSA) is 18.5 Å². The molecule has 1 aliphatic heterocycles. The SMILES string of the molecule is Cc1cc(C)c(OP2Oc3ccccc3-c3ccccc32)c(C)c1. The monoisotopic (exact) mass is 334 g/mol. The number of hydrogen-bond donors (Lipinski definition) is 0. The molecule has 3 aromatic rings. The normalized spacial score (nSPS) is 15.2. The van der Waals surface area contributed by atoms with Gasteiger partial charge in [-0.15, -0.1) is 0 Å². The van der Waals surface area contributed by atoms with Gasteiger partial charge in [-0.3, -0.25) is 0 Å². The third-order valence-electron chi connectivity index (χ3n) is 4.24. The number of aryl methyl sites for hydroxylation is 3. The molecule has 0 fully saturated rings. The Labute approximate surface area is 144 Å². The van der Waals surface area contributed by atoms with Gasteiger partial charge in [0.05, 0.1) is 5.30 Å². The molecular weight excluding hydrogens is 315 g/mol. The van der Waals surface area contributed by atoms with Gasteiger partial charge >= 0.3 is 8.38 Å². The summed E-state index contributed by atoms with van der Waals surface area (Å²) in [6.45, 7) is 6.29. The molecule has 1 aliphatic rings. The van der Waals surface area contributed by atoms with E-state index in [0.717, 1.165) is 33.5 Å². The minimum atomic E-state index is -1.19. The average molecular weight is 334 g/mol. The maximum atomic E-state index is 6.40. The van der Waals surface area contributed by atoms with Crippen molar-refractivity contribution in [1.29, 1.82) is 0 Å². The molecule has 3 aromatic carbocycles. The molecule has 120 valence electrons. The van der Waals surface area contributed by atoms with Crippen LogP contribution in [0.15, 0.2) is 60.7 Å². The lowest BCUT2D eigenvalue weighted by Gasteiger charge is -2.28. The van der Waals surface area contributed by atoms with Gasteiger partial charge in [0, 0.05) is 5.56 Å². The van der Waals surface area contributed by atoms with E-state index in [4.69, 9.17) is 9.05 Å². The summed E-state index contributed by atoms with van der Waals surface area (Å²) in [5, 5.41) is 1.13. The second kappa shape index (κ2) is 5.96. The molecule has 1 heterocycles. The summed E-state index contributed by atoms with van der Waals surface area (Å²) in [7, 11) is -1.19. The number of hydrogen-bond acceptors (Lipinski definition) is 2. The van der Waals surface area contributed by atoms with Crippen molar-refractivity contribution in [3.63, 3.8) is 0 Å². The van der Waals surface area contributed by atoms with Crippen molar-refractivity contribution < 1.29 is 9.05 Å². The zero-order chi connectivity index (χ0) is 16.7. The highest BCUT2D eigenvalue weighted by Crippen LogP contribution is 2.50. The van der Waals surface area contributed by atoms with Gasteiger partial charge in [-0.2, -0.15) is 0 Å². The van der Waals surface area contributed by atoms with Crippen LogP contribution in [0, 0.1) is 20.8 Å². The highest BCUT2D eigenvalue weighted by atomic mass is 31.2. The van der Waals surface area contributed by atoms with Crippen molar-refractivity contribution in [3.8, 4) is 22.6 Å². The van der Waals surface area contributed by atoms with Crippen LogP contribution < -0.4 is 14.4 Å². The summed E-state index contributed by atoms with van der Waals surface area (Å²) in [4.78, 5) is 0. The fraction of sp³-hybridized carbons (Fsp3) is 0.143. The van der Waals surface area contributed by atoms with Gasteiger partial charge in [0.25, 0.3) is 0 Å². The molecule has 0 aliphatic carbocycles. The molecule has 0 N–H and O–H groups in total. The summed E-state index contributed by atoms with van der Waals surface area (Å²) in [6.07, 6.45) is 0. The summed E-state index contributed by atoms with van der Waals surface area (Å²) in [6, 6.07) is 20.8. The molecular formula is C21H19O2P. The van der Waals surface area contributed by atoms with E-state index in [9.17, 15) is 0 Å². The van der Waals surface area contributed by atoms with Gasteiger partial charge in [-0.25, -0.2) is 0 Å². The molecule has 3 heteroatoms. The molecule has 0 saturated heterocycles. The largest absolute Gasteiger partial charge is 0.435 e. The maximum Gasteiger partial charge on any atom is 0.326 e. The quantitative estimate of drug-likeness (QED) is 0.561.